The van der Waals surface area contributed by atoms with E-state index in [0.29, 0.717) is 31.5 Å². The summed E-state index contributed by atoms with van der Waals surface area (Å²) in [5, 5.41) is 16.5. The van der Waals surface area contributed by atoms with Gasteiger partial charge in [-0.15, -0.1) is 0 Å². The molecule has 0 aliphatic carbocycles. The Hall–Kier alpha value is -4.57. The standard InChI is InChI=1S/C29H31N5O5/c30-24(18-20-8-3-1-4-9-20)29(37)33-17-7-12-26(33)28(36)32-25(19-21-10-5-2-6-11-21)27(35)31-22-13-15-23(16-14-22)34(38)39/h1-6,8-11,13-16,24-26H,7,12,17-19,30H2,(H,31,35)(H,32,36)/t24-,25-,26-/m0/s1. The SMILES string of the molecule is N[C@@H](Cc1ccccc1)C(=O)N1CCC[C@H]1C(=O)N[C@@H](Cc1ccccc1)C(=O)Nc1ccc([N+](=O)[O-])cc1. The predicted octanol–water partition coefficient (Wildman–Crippen LogP) is 2.82. The first-order chi connectivity index (χ1) is 18.8. The number of carbonyl (C=O) groups excluding carboxylic acids is 3. The molecule has 4 rings (SSSR count). The van der Waals surface area contributed by atoms with E-state index in [1.54, 1.807) is 0 Å². The van der Waals surface area contributed by atoms with Crippen LogP contribution in [0.3, 0.4) is 0 Å². The highest BCUT2D eigenvalue weighted by molar-refractivity contribution is 5.99. The molecular weight excluding hydrogens is 498 g/mol. The van der Waals surface area contributed by atoms with Gasteiger partial charge in [-0.05, 0) is 42.5 Å². The highest BCUT2D eigenvalue weighted by Gasteiger charge is 2.37. The number of nitro benzene ring substituents is 1. The first kappa shape index (κ1) is 27.5. The van der Waals surface area contributed by atoms with Gasteiger partial charge in [0.2, 0.25) is 17.7 Å². The fourth-order valence-electron chi connectivity index (χ4n) is 4.69. The van der Waals surface area contributed by atoms with Gasteiger partial charge in [-0.3, -0.25) is 24.5 Å². The molecule has 3 atom stereocenters. The van der Waals surface area contributed by atoms with Crippen molar-refractivity contribution in [3.8, 4) is 0 Å². The molecule has 10 heteroatoms. The van der Waals surface area contributed by atoms with Crippen LogP contribution in [0.2, 0.25) is 0 Å². The lowest BCUT2D eigenvalue weighted by molar-refractivity contribution is -0.384. The number of carbonyl (C=O) groups is 3. The van der Waals surface area contributed by atoms with Gasteiger partial charge in [0.25, 0.3) is 5.69 Å². The highest BCUT2D eigenvalue weighted by Crippen LogP contribution is 2.20. The zero-order valence-corrected chi connectivity index (χ0v) is 21.4. The minimum absolute atomic E-state index is 0.0985. The summed E-state index contributed by atoms with van der Waals surface area (Å²) in [6.45, 7) is 0.414. The summed E-state index contributed by atoms with van der Waals surface area (Å²) in [6, 6.07) is 21.7. The van der Waals surface area contributed by atoms with Gasteiger partial charge in [-0.25, -0.2) is 0 Å². The van der Waals surface area contributed by atoms with Crippen molar-refractivity contribution in [3.63, 3.8) is 0 Å². The molecule has 0 spiro atoms. The van der Waals surface area contributed by atoms with Crippen LogP contribution in [0.5, 0.6) is 0 Å². The fraction of sp³-hybridized carbons (Fsp3) is 0.276. The molecule has 202 valence electrons. The number of nitrogens with zero attached hydrogens (tertiary/aromatic N) is 2. The molecule has 3 aromatic carbocycles. The van der Waals surface area contributed by atoms with E-state index in [1.807, 2.05) is 60.7 Å². The van der Waals surface area contributed by atoms with Crippen LogP contribution in [0.15, 0.2) is 84.9 Å². The summed E-state index contributed by atoms with van der Waals surface area (Å²) in [5.41, 5.74) is 8.27. The minimum atomic E-state index is -0.939. The number of nitrogens with two attached hydrogens (primary N) is 1. The first-order valence-electron chi connectivity index (χ1n) is 12.8. The van der Waals surface area contributed by atoms with Crippen molar-refractivity contribution in [2.24, 2.45) is 5.73 Å². The predicted molar refractivity (Wildman–Crippen MR) is 147 cm³/mol. The molecule has 4 N–H and O–H groups in total. The lowest BCUT2D eigenvalue weighted by Gasteiger charge is -2.28. The molecule has 0 bridgehead atoms. The van der Waals surface area contributed by atoms with E-state index in [-0.39, 0.29) is 18.0 Å². The number of hydrogen-bond donors (Lipinski definition) is 3. The normalized spacial score (nSPS) is 16.2. The summed E-state index contributed by atoms with van der Waals surface area (Å²) in [4.78, 5) is 51.8. The molecule has 0 aromatic heterocycles. The Morgan fingerprint density at radius 2 is 1.51 bits per heavy atom. The summed E-state index contributed by atoms with van der Waals surface area (Å²) in [6.07, 6.45) is 1.70. The molecule has 39 heavy (non-hydrogen) atoms. The van der Waals surface area contributed by atoms with Crippen LogP contribution in [-0.2, 0) is 27.2 Å². The van der Waals surface area contributed by atoms with E-state index in [2.05, 4.69) is 10.6 Å². The number of likely N-dealkylation sites (tertiary alicyclic amines) is 1. The van der Waals surface area contributed by atoms with Crippen LogP contribution in [0.25, 0.3) is 0 Å². The molecule has 1 heterocycles. The third-order valence-electron chi connectivity index (χ3n) is 6.72. The van der Waals surface area contributed by atoms with Crippen molar-refractivity contribution in [1.82, 2.24) is 10.2 Å². The van der Waals surface area contributed by atoms with Gasteiger partial charge in [-0.2, -0.15) is 0 Å². The fourth-order valence-corrected chi connectivity index (χ4v) is 4.69. The first-order valence-corrected chi connectivity index (χ1v) is 12.8. The Labute approximate surface area is 226 Å². The average Bonchev–Trinajstić information content (AvgIpc) is 3.44. The van der Waals surface area contributed by atoms with Crippen LogP contribution >= 0.6 is 0 Å². The molecule has 0 radical (unpaired) electrons. The zero-order valence-electron chi connectivity index (χ0n) is 21.4. The van der Waals surface area contributed by atoms with Crippen molar-refractivity contribution >= 4 is 29.1 Å². The van der Waals surface area contributed by atoms with Gasteiger partial charge in [0, 0.05) is 30.8 Å². The molecule has 3 amide bonds. The third-order valence-corrected chi connectivity index (χ3v) is 6.72. The monoisotopic (exact) mass is 529 g/mol. The van der Waals surface area contributed by atoms with Crippen LogP contribution in [-0.4, -0.2) is 52.2 Å². The van der Waals surface area contributed by atoms with Gasteiger partial charge in [0.1, 0.15) is 12.1 Å². The average molecular weight is 530 g/mol. The summed E-state index contributed by atoms with van der Waals surface area (Å²) < 4.78 is 0. The van der Waals surface area contributed by atoms with Crippen LogP contribution < -0.4 is 16.4 Å². The van der Waals surface area contributed by atoms with E-state index < -0.39 is 34.9 Å². The summed E-state index contributed by atoms with van der Waals surface area (Å²) >= 11 is 0. The van der Waals surface area contributed by atoms with E-state index in [1.165, 1.54) is 29.2 Å². The van der Waals surface area contributed by atoms with Gasteiger partial charge in [0.15, 0.2) is 0 Å². The molecule has 10 nitrogen and oxygen atoms in total. The number of nitro groups is 1. The minimum Gasteiger partial charge on any atom is -0.342 e. The number of hydrogen-bond acceptors (Lipinski definition) is 6. The number of rotatable bonds is 10. The Kier molecular flexibility index (Phi) is 9.01. The second-order valence-electron chi connectivity index (χ2n) is 9.53. The zero-order chi connectivity index (χ0) is 27.8. The molecule has 1 aliphatic rings. The van der Waals surface area contributed by atoms with Gasteiger partial charge < -0.3 is 21.3 Å². The van der Waals surface area contributed by atoms with Crippen molar-refractivity contribution in [3.05, 3.63) is 106 Å². The van der Waals surface area contributed by atoms with Gasteiger partial charge >= 0.3 is 0 Å². The second-order valence-corrected chi connectivity index (χ2v) is 9.53. The van der Waals surface area contributed by atoms with Crippen LogP contribution in [0, 0.1) is 10.1 Å². The van der Waals surface area contributed by atoms with Crippen LogP contribution in [0.1, 0.15) is 24.0 Å². The lowest BCUT2D eigenvalue weighted by atomic mass is 10.0. The maximum Gasteiger partial charge on any atom is 0.269 e. The van der Waals surface area contributed by atoms with Crippen LogP contribution in [0.4, 0.5) is 11.4 Å². The molecular formula is C29H31N5O5. The van der Waals surface area contributed by atoms with Crippen molar-refractivity contribution in [2.45, 2.75) is 43.8 Å². The topological polar surface area (TPSA) is 148 Å². The van der Waals surface area contributed by atoms with E-state index >= 15 is 0 Å². The number of benzene rings is 3. The number of anilines is 1. The Morgan fingerprint density at radius 1 is 0.923 bits per heavy atom. The molecule has 1 fully saturated rings. The van der Waals surface area contributed by atoms with E-state index in [4.69, 9.17) is 5.73 Å². The largest absolute Gasteiger partial charge is 0.342 e. The summed E-state index contributed by atoms with van der Waals surface area (Å²) in [5.74, 6) is -1.20. The second kappa shape index (κ2) is 12.8. The van der Waals surface area contributed by atoms with Crippen molar-refractivity contribution < 1.29 is 19.3 Å². The number of amides is 3. The molecule has 0 saturated carbocycles. The third kappa shape index (κ3) is 7.26. The van der Waals surface area contributed by atoms with Crippen molar-refractivity contribution in [1.29, 1.82) is 0 Å². The molecule has 0 unspecified atom stereocenters. The maximum absolute atomic E-state index is 13.4. The summed E-state index contributed by atoms with van der Waals surface area (Å²) in [7, 11) is 0. The number of non-ortho nitro benzene ring substituents is 1. The van der Waals surface area contributed by atoms with E-state index in [0.717, 1.165) is 11.1 Å². The Balaban J connectivity index is 1.46. The lowest BCUT2D eigenvalue weighted by Crippen LogP contribution is -2.55. The number of nitrogens with one attached hydrogen (secondary N) is 2. The van der Waals surface area contributed by atoms with E-state index in [9.17, 15) is 24.5 Å². The Bertz CT molecular complexity index is 1300. The van der Waals surface area contributed by atoms with Gasteiger partial charge in [0.05, 0.1) is 11.0 Å². The molecule has 1 saturated heterocycles. The quantitative estimate of drug-likeness (QED) is 0.272. The Morgan fingerprint density at radius 3 is 2.10 bits per heavy atom. The molecule has 1 aliphatic heterocycles. The molecule has 3 aromatic rings. The highest BCUT2D eigenvalue weighted by atomic mass is 16.6. The van der Waals surface area contributed by atoms with Crippen molar-refractivity contribution in [2.75, 3.05) is 11.9 Å². The maximum atomic E-state index is 13.4. The smallest absolute Gasteiger partial charge is 0.269 e. The van der Waals surface area contributed by atoms with Gasteiger partial charge in [-0.1, -0.05) is 60.7 Å².